The predicted octanol–water partition coefficient (Wildman–Crippen LogP) is 6.54. The van der Waals surface area contributed by atoms with Gasteiger partial charge in [0.05, 0.1) is 19.2 Å². The summed E-state index contributed by atoms with van der Waals surface area (Å²) >= 11 is 5.82. The second kappa shape index (κ2) is 10.0. The van der Waals surface area contributed by atoms with Gasteiger partial charge in [-0.1, -0.05) is 42.5 Å². The Kier molecular flexibility index (Phi) is 6.96. The van der Waals surface area contributed by atoms with Crippen molar-refractivity contribution in [2.45, 2.75) is 6.61 Å². The number of nitrogens with zero attached hydrogens (tertiary/aromatic N) is 3. The van der Waals surface area contributed by atoms with Crippen LogP contribution in [0.2, 0.25) is 0 Å². The van der Waals surface area contributed by atoms with Crippen LogP contribution < -0.4 is 10.2 Å². The lowest BCUT2D eigenvalue weighted by atomic mass is 10.1. The molecule has 0 fully saturated rings. The molecular formula is C23H16BrIN4O3. The minimum Gasteiger partial charge on any atom is -0.487 e. The summed E-state index contributed by atoms with van der Waals surface area (Å²) < 4.78 is 7.90. The van der Waals surface area contributed by atoms with Crippen molar-refractivity contribution in [1.29, 1.82) is 0 Å². The number of benzene rings is 3. The lowest BCUT2D eigenvalue weighted by molar-refractivity contribution is -0.385. The normalized spacial score (nSPS) is 11.1. The molecule has 3 aromatic carbocycles. The lowest BCUT2D eigenvalue weighted by Gasteiger charge is -2.13. The Bertz CT molecular complexity index is 1280. The standard InChI is InChI=1S/C23H16BrIN4O3/c24-20-10-15(12-27-28-22-9-8-18(13-26-22)29(30)31)11-21(25)23(20)32-14-17-6-3-5-16-4-1-2-7-19(16)17/h1-13H,14H2,(H,26,28)/b27-12+. The third kappa shape index (κ3) is 5.22. The van der Waals surface area contributed by atoms with Gasteiger partial charge in [-0.15, -0.1) is 0 Å². The number of nitrogens with one attached hydrogen (secondary N) is 1. The van der Waals surface area contributed by atoms with Gasteiger partial charge in [0.2, 0.25) is 0 Å². The largest absolute Gasteiger partial charge is 0.487 e. The first-order valence-corrected chi connectivity index (χ1v) is 11.4. The molecule has 0 saturated heterocycles. The number of anilines is 1. The zero-order valence-electron chi connectivity index (χ0n) is 16.5. The van der Waals surface area contributed by atoms with Crippen LogP contribution in [0.3, 0.4) is 0 Å². The second-order valence-corrected chi connectivity index (χ2v) is 8.79. The van der Waals surface area contributed by atoms with Gasteiger partial charge in [0.1, 0.15) is 24.4 Å². The van der Waals surface area contributed by atoms with E-state index in [4.69, 9.17) is 4.74 Å². The molecule has 1 aromatic heterocycles. The second-order valence-electron chi connectivity index (χ2n) is 6.77. The average molecular weight is 603 g/mol. The van der Waals surface area contributed by atoms with Crippen LogP contribution in [-0.4, -0.2) is 16.1 Å². The summed E-state index contributed by atoms with van der Waals surface area (Å²) in [4.78, 5) is 14.1. The van der Waals surface area contributed by atoms with Crippen LogP contribution in [0.15, 0.2) is 82.5 Å². The van der Waals surface area contributed by atoms with Crippen LogP contribution in [0, 0.1) is 13.7 Å². The summed E-state index contributed by atoms with van der Waals surface area (Å²) in [7, 11) is 0. The van der Waals surface area contributed by atoms with Crippen molar-refractivity contribution < 1.29 is 9.66 Å². The molecule has 0 radical (unpaired) electrons. The minimum absolute atomic E-state index is 0.0721. The van der Waals surface area contributed by atoms with E-state index in [0.29, 0.717) is 12.4 Å². The van der Waals surface area contributed by atoms with Gasteiger partial charge in [0.15, 0.2) is 0 Å². The molecule has 0 aliphatic rings. The number of halogens is 2. The van der Waals surface area contributed by atoms with Crippen LogP contribution >= 0.6 is 38.5 Å². The molecule has 0 saturated carbocycles. The third-order valence-electron chi connectivity index (χ3n) is 4.62. The topological polar surface area (TPSA) is 89.7 Å². The van der Waals surface area contributed by atoms with Gasteiger partial charge in [-0.05, 0) is 78.6 Å². The van der Waals surface area contributed by atoms with Gasteiger partial charge in [-0.3, -0.25) is 15.5 Å². The van der Waals surface area contributed by atoms with E-state index in [1.807, 2.05) is 30.3 Å². The fourth-order valence-corrected chi connectivity index (χ4v) is 4.86. The first-order chi connectivity index (χ1) is 15.5. The molecule has 0 atom stereocenters. The van der Waals surface area contributed by atoms with E-state index >= 15 is 0 Å². The van der Waals surface area contributed by atoms with Crippen LogP contribution in [0.4, 0.5) is 11.5 Å². The maximum atomic E-state index is 10.7. The fourth-order valence-electron chi connectivity index (χ4n) is 3.09. The third-order valence-corrected chi connectivity index (χ3v) is 6.01. The van der Waals surface area contributed by atoms with E-state index in [1.165, 1.54) is 29.1 Å². The van der Waals surface area contributed by atoms with Crippen molar-refractivity contribution in [2.24, 2.45) is 5.10 Å². The summed E-state index contributed by atoms with van der Waals surface area (Å²) in [6, 6.07) is 21.2. The molecule has 1 heterocycles. The Morgan fingerprint density at radius 1 is 1.16 bits per heavy atom. The molecule has 160 valence electrons. The van der Waals surface area contributed by atoms with E-state index < -0.39 is 4.92 Å². The Morgan fingerprint density at radius 2 is 1.97 bits per heavy atom. The molecular weight excluding hydrogens is 587 g/mol. The maximum Gasteiger partial charge on any atom is 0.287 e. The van der Waals surface area contributed by atoms with Gasteiger partial charge in [-0.2, -0.15) is 5.10 Å². The number of hydrazone groups is 1. The number of hydrogen-bond donors (Lipinski definition) is 1. The van der Waals surface area contributed by atoms with E-state index in [2.05, 4.69) is 78.3 Å². The number of fused-ring (bicyclic) bond motifs is 1. The summed E-state index contributed by atoms with van der Waals surface area (Å²) in [5, 5.41) is 17.2. The van der Waals surface area contributed by atoms with Crippen molar-refractivity contribution in [1.82, 2.24) is 4.98 Å². The van der Waals surface area contributed by atoms with Crippen molar-refractivity contribution in [3.8, 4) is 5.75 Å². The van der Waals surface area contributed by atoms with Gasteiger partial charge >= 0.3 is 0 Å². The maximum absolute atomic E-state index is 10.7. The van der Waals surface area contributed by atoms with E-state index in [-0.39, 0.29) is 5.69 Å². The van der Waals surface area contributed by atoms with Crippen LogP contribution in [0.1, 0.15) is 11.1 Å². The SMILES string of the molecule is O=[N+]([O-])c1ccc(N/N=C/c2cc(Br)c(OCc3cccc4ccccc34)c(I)c2)nc1. The Balaban J connectivity index is 1.44. The number of aromatic nitrogens is 1. The number of hydrogen-bond acceptors (Lipinski definition) is 6. The Hall–Kier alpha value is -3.05. The van der Waals surface area contributed by atoms with Gasteiger partial charge in [0, 0.05) is 6.07 Å². The van der Waals surface area contributed by atoms with Crippen LogP contribution in [-0.2, 0) is 6.61 Å². The number of ether oxygens (including phenoxy) is 1. The number of rotatable bonds is 7. The zero-order valence-corrected chi connectivity index (χ0v) is 20.3. The molecule has 7 nitrogen and oxygen atoms in total. The van der Waals surface area contributed by atoms with Crippen LogP contribution in [0.25, 0.3) is 10.8 Å². The van der Waals surface area contributed by atoms with Crippen molar-refractivity contribution in [2.75, 3.05) is 5.43 Å². The van der Waals surface area contributed by atoms with Crippen molar-refractivity contribution >= 4 is 67.0 Å². The summed E-state index contributed by atoms with van der Waals surface area (Å²) in [6.45, 7) is 0.455. The van der Waals surface area contributed by atoms with Crippen molar-refractivity contribution in [3.05, 3.63) is 102 Å². The Labute approximate surface area is 205 Å². The molecule has 1 N–H and O–H groups in total. The molecule has 32 heavy (non-hydrogen) atoms. The summed E-state index contributed by atoms with van der Waals surface area (Å²) in [6.07, 6.45) is 2.82. The van der Waals surface area contributed by atoms with E-state index in [0.717, 1.165) is 24.9 Å². The van der Waals surface area contributed by atoms with Gasteiger partial charge in [0.25, 0.3) is 5.69 Å². The molecule has 9 heteroatoms. The minimum atomic E-state index is -0.497. The number of pyridine rings is 1. The summed E-state index contributed by atoms with van der Waals surface area (Å²) in [5.74, 6) is 1.18. The molecule has 0 amide bonds. The monoisotopic (exact) mass is 602 g/mol. The molecule has 0 bridgehead atoms. The fraction of sp³-hybridized carbons (Fsp3) is 0.0435. The lowest BCUT2D eigenvalue weighted by Crippen LogP contribution is -2.00. The molecule has 4 aromatic rings. The highest BCUT2D eigenvalue weighted by Crippen LogP contribution is 2.33. The molecule has 4 rings (SSSR count). The predicted molar refractivity (Wildman–Crippen MR) is 137 cm³/mol. The molecule has 0 aliphatic carbocycles. The summed E-state index contributed by atoms with van der Waals surface area (Å²) in [5.41, 5.74) is 4.67. The van der Waals surface area contributed by atoms with Gasteiger partial charge < -0.3 is 4.74 Å². The zero-order chi connectivity index (χ0) is 22.5. The highest BCUT2D eigenvalue weighted by Gasteiger charge is 2.10. The van der Waals surface area contributed by atoms with E-state index in [9.17, 15) is 10.1 Å². The molecule has 0 spiro atoms. The van der Waals surface area contributed by atoms with E-state index in [1.54, 1.807) is 6.21 Å². The first-order valence-electron chi connectivity index (χ1n) is 9.49. The smallest absolute Gasteiger partial charge is 0.287 e. The highest BCUT2D eigenvalue weighted by atomic mass is 127. The quantitative estimate of drug-likeness (QED) is 0.112. The number of nitro groups is 1. The molecule has 0 unspecified atom stereocenters. The highest BCUT2D eigenvalue weighted by molar-refractivity contribution is 14.1. The van der Waals surface area contributed by atoms with Crippen molar-refractivity contribution in [3.63, 3.8) is 0 Å². The Morgan fingerprint density at radius 3 is 2.72 bits per heavy atom. The molecule has 0 aliphatic heterocycles. The first kappa shape index (κ1) is 22.2. The average Bonchev–Trinajstić information content (AvgIpc) is 2.79. The van der Waals surface area contributed by atoms with Crippen LogP contribution in [0.5, 0.6) is 5.75 Å². The van der Waals surface area contributed by atoms with Gasteiger partial charge in [-0.25, -0.2) is 4.98 Å².